The van der Waals surface area contributed by atoms with Crippen molar-refractivity contribution in [3.63, 3.8) is 0 Å². The van der Waals surface area contributed by atoms with Crippen molar-refractivity contribution >= 4 is 11.8 Å². The summed E-state index contributed by atoms with van der Waals surface area (Å²) in [5.41, 5.74) is 1.71. The third-order valence-corrected chi connectivity index (χ3v) is 4.71. The van der Waals surface area contributed by atoms with Crippen molar-refractivity contribution < 1.29 is 18.8 Å². The van der Waals surface area contributed by atoms with Gasteiger partial charge in [-0.15, -0.1) is 0 Å². The van der Waals surface area contributed by atoms with E-state index < -0.39 is 22.6 Å². The van der Waals surface area contributed by atoms with Gasteiger partial charge in [0.05, 0.1) is 5.92 Å². The Bertz CT molecular complexity index is 1030. The molecule has 0 unspecified atom stereocenters. The lowest BCUT2D eigenvalue weighted by atomic mass is 9.97. The molecular weight excluding hydrogens is 377 g/mol. The number of nitrogens with zero attached hydrogens (tertiary/aromatic N) is 3. The highest BCUT2D eigenvalue weighted by molar-refractivity contribution is 5.78. The van der Waals surface area contributed by atoms with E-state index in [9.17, 15) is 19.3 Å². The summed E-state index contributed by atoms with van der Waals surface area (Å²) in [6, 6.07) is 13.8. The van der Waals surface area contributed by atoms with Crippen molar-refractivity contribution in [3.8, 4) is 11.1 Å². The highest BCUT2D eigenvalue weighted by atomic mass is 19.1. The first-order valence-corrected chi connectivity index (χ1v) is 9.06. The molecule has 0 radical (unpaired) electrons. The molecule has 0 aliphatic rings. The molecule has 1 atom stereocenters. The fourth-order valence-electron chi connectivity index (χ4n) is 3.03. The maximum atomic E-state index is 14.5. The summed E-state index contributed by atoms with van der Waals surface area (Å²) in [5.74, 6) is -1.33. The molecule has 1 aromatic heterocycles. The number of carbonyl (C=O) groups excluding carboxylic acids is 1. The second-order valence-electron chi connectivity index (χ2n) is 6.57. The molecule has 0 N–H and O–H groups in total. The Morgan fingerprint density at radius 1 is 1.28 bits per heavy atom. The summed E-state index contributed by atoms with van der Waals surface area (Å²) in [4.78, 5) is 26.7. The Morgan fingerprint density at radius 2 is 2.00 bits per heavy atom. The molecule has 0 aliphatic carbocycles. The minimum absolute atomic E-state index is 0.0498. The maximum Gasteiger partial charge on any atom is 0.342 e. The molecule has 0 spiro atoms. The van der Waals surface area contributed by atoms with Gasteiger partial charge >= 0.3 is 11.8 Å². The van der Waals surface area contributed by atoms with Gasteiger partial charge in [0.1, 0.15) is 25.2 Å². The van der Waals surface area contributed by atoms with Gasteiger partial charge in [-0.25, -0.2) is 13.9 Å². The minimum atomic E-state index is -0.673. The van der Waals surface area contributed by atoms with Crippen molar-refractivity contribution in [2.45, 2.75) is 26.3 Å². The van der Waals surface area contributed by atoms with Gasteiger partial charge in [-0.2, -0.15) is 0 Å². The molecule has 3 rings (SSSR count). The number of halogens is 1. The molecule has 0 amide bonds. The van der Waals surface area contributed by atoms with Crippen LogP contribution in [0.15, 0.2) is 54.7 Å². The van der Waals surface area contributed by atoms with E-state index in [2.05, 4.69) is 4.98 Å². The second kappa shape index (κ2) is 8.64. The molecule has 8 heteroatoms. The summed E-state index contributed by atoms with van der Waals surface area (Å²) in [5, 5.41) is 11.0. The second-order valence-corrected chi connectivity index (χ2v) is 6.57. The molecule has 7 nitrogen and oxygen atoms in total. The van der Waals surface area contributed by atoms with Gasteiger partial charge in [0.2, 0.25) is 0 Å². The minimum Gasteiger partial charge on any atom is -0.461 e. The van der Waals surface area contributed by atoms with Crippen LogP contribution in [0.4, 0.5) is 10.2 Å². The molecule has 0 aliphatic heterocycles. The number of hydrogen-bond acceptors (Lipinski definition) is 5. The van der Waals surface area contributed by atoms with Crippen LogP contribution in [0.5, 0.6) is 0 Å². The summed E-state index contributed by atoms with van der Waals surface area (Å²) in [6.45, 7) is 3.33. The number of aromatic nitrogens is 2. The molecule has 0 saturated heterocycles. The average molecular weight is 397 g/mol. The van der Waals surface area contributed by atoms with Crippen LogP contribution in [-0.2, 0) is 16.1 Å². The van der Waals surface area contributed by atoms with Gasteiger partial charge < -0.3 is 14.9 Å². The lowest BCUT2D eigenvalue weighted by Gasteiger charge is -2.13. The topological polar surface area (TPSA) is 87.3 Å². The smallest absolute Gasteiger partial charge is 0.342 e. The van der Waals surface area contributed by atoms with Crippen LogP contribution < -0.4 is 0 Å². The molecule has 150 valence electrons. The van der Waals surface area contributed by atoms with Gasteiger partial charge in [-0.3, -0.25) is 4.79 Å². The Morgan fingerprint density at radius 3 is 2.66 bits per heavy atom. The van der Waals surface area contributed by atoms with E-state index >= 15 is 0 Å². The molecule has 0 saturated carbocycles. The summed E-state index contributed by atoms with van der Waals surface area (Å²) in [7, 11) is 0. The lowest BCUT2D eigenvalue weighted by molar-refractivity contribution is -0.392. The van der Waals surface area contributed by atoms with Crippen LogP contribution in [-0.4, -0.2) is 27.1 Å². The van der Waals surface area contributed by atoms with Crippen molar-refractivity contribution in [2.24, 2.45) is 0 Å². The first-order chi connectivity index (χ1) is 13.9. The molecular formula is C21H20FN3O4. The van der Waals surface area contributed by atoms with Crippen LogP contribution in [0.2, 0.25) is 0 Å². The van der Waals surface area contributed by atoms with E-state index in [1.807, 2.05) is 30.3 Å². The van der Waals surface area contributed by atoms with Crippen molar-refractivity contribution in [2.75, 3.05) is 6.61 Å². The van der Waals surface area contributed by atoms with E-state index in [4.69, 9.17) is 4.74 Å². The fourth-order valence-corrected chi connectivity index (χ4v) is 3.03. The van der Waals surface area contributed by atoms with E-state index in [0.29, 0.717) is 17.0 Å². The monoisotopic (exact) mass is 397 g/mol. The average Bonchev–Trinajstić information content (AvgIpc) is 3.08. The molecule has 0 fully saturated rings. The zero-order valence-corrected chi connectivity index (χ0v) is 16.0. The van der Waals surface area contributed by atoms with Gasteiger partial charge in [-0.05, 0) is 29.0 Å². The van der Waals surface area contributed by atoms with Gasteiger partial charge in [0.25, 0.3) is 0 Å². The molecule has 2 aromatic carbocycles. The lowest BCUT2D eigenvalue weighted by Crippen LogP contribution is -2.17. The first-order valence-electron chi connectivity index (χ1n) is 9.06. The van der Waals surface area contributed by atoms with Gasteiger partial charge in [0, 0.05) is 12.5 Å². The number of aryl methyl sites for hydroxylation is 1. The van der Waals surface area contributed by atoms with Crippen LogP contribution in [0.25, 0.3) is 11.1 Å². The number of esters is 1. The predicted octanol–water partition coefficient (Wildman–Crippen LogP) is 4.25. The number of rotatable bonds is 7. The van der Waals surface area contributed by atoms with Gasteiger partial charge in [0.15, 0.2) is 5.82 Å². The quantitative estimate of drug-likeness (QED) is 0.338. The maximum absolute atomic E-state index is 14.5. The number of ether oxygens (including phenoxy) is 1. The summed E-state index contributed by atoms with van der Waals surface area (Å²) < 4.78 is 21.1. The zero-order chi connectivity index (χ0) is 21.0. The molecule has 29 heavy (non-hydrogen) atoms. The van der Waals surface area contributed by atoms with Crippen LogP contribution in [0.3, 0.4) is 0 Å². The van der Waals surface area contributed by atoms with Crippen LogP contribution >= 0.6 is 0 Å². The van der Waals surface area contributed by atoms with Crippen molar-refractivity contribution in [1.82, 2.24) is 9.55 Å². The number of carbonyl (C=O) groups is 1. The van der Waals surface area contributed by atoms with Gasteiger partial charge in [-0.1, -0.05) is 42.5 Å². The Kier molecular flexibility index (Phi) is 6.01. The largest absolute Gasteiger partial charge is 0.461 e. The molecule has 0 bridgehead atoms. The number of imidazole rings is 1. The standard InChI is InChI=1S/C21H20FN3O4/c1-14(17-8-9-18(19(22)12-17)16-6-4-3-5-7-16)21(26)29-11-10-24-15(2)23-13-20(24)25(27)28/h3-9,12-14H,10-11H2,1-2H3/t14-/m0/s1. The van der Waals surface area contributed by atoms with Crippen molar-refractivity contribution in [1.29, 1.82) is 0 Å². The number of hydrogen-bond donors (Lipinski definition) is 0. The zero-order valence-electron chi connectivity index (χ0n) is 16.0. The third kappa shape index (κ3) is 4.48. The number of benzene rings is 2. The van der Waals surface area contributed by atoms with Crippen LogP contribution in [0.1, 0.15) is 24.2 Å². The van der Waals surface area contributed by atoms with E-state index in [1.165, 1.54) is 10.6 Å². The third-order valence-electron chi connectivity index (χ3n) is 4.71. The summed E-state index contributed by atoms with van der Waals surface area (Å²) in [6.07, 6.45) is 1.16. The van der Waals surface area contributed by atoms with E-state index in [-0.39, 0.29) is 19.0 Å². The highest BCUT2D eigenvalue weighted by Gasteiger charge is 2.21. The molecule has 1 heterocycles. The molecule has 3 aromatic rings. The highest BCUT2D eigenvalue weighted by Crippen LogP contribution is 2.26. The Labute approximate surface area is 166 Å². The normalized spacial score (nSPS) is 11.8. The first kappa shape index (κ1) is 20.2. The predicted molar refractivity (Wildman–Crippen MR) is 105 cm³/mol. The van der Waals surface area contributed by atoms with E-state index in [1.54, 1.807) is 26.0 Å². The fraction of sp³-hybridized carbons (Fsp3) is 0.238. The van der Waals surface area contributed by atoms with Crippen LogP contribution in [0, 0.1) is 22.9 Å². The van der Waals surface area contributed by atoms with E-state index in [0.717, 1.165) is 11.8 Å². The summed E-state index contributed by atoms with van der Waals surface area (Å²) >= 11 is 0. The Hall–Kier alpha value is -3.55. The SMILES string of the molecule is Cc1ncc([N+](=O)[O-])n1CCOC(=O)[C@@H](C)c1ccc(-c2ccccc2)c(F)c1. The number of nitro groups is 1. The van der Waals surface area contributed by atoms with Crippen molar-refractivity contribution in [3.05, 3.63) is 82.0 Å². The Balaban J connectivity index is 1.64.